The van der Waals surface area contributed by atoms with E-state index in [0.717, 1.165) is 5.69 Å². The Labute approximate surface area is 104 Å². The summed E-state index contributed by atoms with van der Waals surface area (Å²) in [5.74, 6) is 1.30. The Morgan fingerprint density at radius 1 is 1.24 bits per heavy atom. The van der Waals surface area contributed by atoms with Crippen molar-refractivity contribution < 1.29 is 4.74 Å². The summed E-state index contributed by atoms with van der Waals surface area (Å²) in [7, 11) is 0. The van der Waals surface area contributed by atoms with Gasteiger partial charge in [0.15, 0.2) is 10.9 Å². The van der Waals surface area contributed by atoms with Crippen molar-refractivity contribution in [3.8, 4) is 11.5 Å². The molecule has 0 radical (unpaired) electrons. The van der Waals surface area contributed by atoms with E-state index >= 15 is 0 Å². The van der Waals surface area contributed by atoms with Crippen LogP contribution in [0.5, 0.6) is 11.5 Å². The molecule has 3 N–H and O–H groups in total. The summed E-state index contributed by atoms with van der Waals surface area (Å²) in [5.41, 5.74) is 6.16. The molecule has 4 nitrogen and oxygen atoms in total. The van der Waals surface area contributed by atoms with E-state index in [1.807, 2.05) is 30.3 Å². The van der Waals surface area contributed by atoms with Crippen molar-refractivity contribution in [3.05, 3.63) is 48.8 Å². The van der Waals surface area contributed by atoms with Crippen LogP contribution >= 0.6 is 12.2 Å². The highest BCUT2D eigenvalue weighted by Crippen LogP contribution is 2.28. The van der Waals surface area contributed by atoms with Gasteiger partial charge in [-0.2, -0.15) is 0 Å². The summed E-state index contributed by atoms with van der Waals surface area (Å²) >= 11 is 4.80. The van der Waals surface area contributed by atoms with Gasteiger partial charge in [0.1, 0.15) is 5.75 Å². The molecule has 0 aliphatic rings. The van der Waals surface area contributed by atoms with Gasteiger partial charge in [-0.25, -0.2) is 0 Å². The Morgan fingerprint density at radius 2 is 2.06 bits per heavy atom. The van der Waals surface area contributed by atoms with Crippen molar-refractivity contribution >= 4 is 23.0 Å². The fraction of sp³-hybridized carbons (Fsp3) is 0. The number of anilines is 1. The second-order valence-electron chi connectivity index (χ2n) is 3.28. The second kappa shape index (κ2) is 5.27. The number of ether oxygens (including phenoxy) is 1. The van der Waals surface area contributed by atoms with Crippen LogP contribution in [0.4, 0.5) is 5.69 Å². The lowest BCUT2D eigenvalue weighted by Gasteiger charge is -2.11. The highest BCUT2D eigenvalue weighted by atomic mass is 32.1. The molecule has 0 unspecified atom stereocenters. The first-order valence-corrected chi connectivity index (χ1v) is 5.40. The number of thiocarbonyl (C=S) groups is 1. The van der Waals surface area contributed by atoms with Crippen LogP contribution in [0, 0.1) is 0 Å². The van der Waals surface area contributed by atoms with Crippen LogP contribution in [0.15, 0.2) is 48.8 Å². The molecule has 2 aromatic rings. The molecule has 0 spiro atoms. The Kier molecular flexibility index (Phi) is 3.52. The van der Waals surface area contributed by atoms with Crippen molar-refractivity contribution in [2.75, 3.05) is 5.32 Å². The molecule has 0 saturated heterocycles. The molecular weight excluding hydrogens is 234 g/mol. The third-order valence-electron chi connectivity index (χ3n) is 2.01. The molecule has 1 aromatic heterocycles. The third-order valence-corrected chi connectivity index (χ3v) is 2.11. The number of hydrogen-bond donors (Lipinski definition) is 2. The largest absolute Gasteiger partial charge is 0.454 e. The van der Waals surface area contributed by atoms with Crippen molar-refractivity contribution in [2.45, 2.75) is 0 Å². The maximum atomic E-state index is 5.67. The lowest BCUT2D eigenvalue weighted by molar-refractivity contribution is 0.482. The van der Waals surface area contributed by atoms with Gasteiger partial charge in [0, 0.05) is 6.20 Å². The minimum atomic E-state index is 0.201. The van der Waals surface area contributed by atoms with E-state index in [0.29, 0.717) is 11.5 Å². The normalized spacial score (nSPS) is 9.65. The number of rotatable bonds is 3. The molecule has 0 atom stereocenters. The average Bonchev–Trinajstić information content (AvgIpc) is 2.32. The predicted molar refractivity (Wildman–Crippen MR) is 71.2 cm³/mol. The van der Waals surface area contributed by atoms with E-state index in [9.17, 15) is 0 Å². The SMILES string of the molecule is NC(=S)Nc1ccccc1Oc1cccnc1. The molecule has 0 bridgehead atoms. The molecule has 1 aromatic carbocycles. The van der Waals surface area contributed by atoms with Crippen LogP contribution in [0.3, 0.4) is 0 Å². The zero-order valence-electron chi connectivity index (χ0n) is 8.96. The van der Waals surface area contributed by atoms with E-state index in [1.54, 1.807) is 18.5 Å². The Hall–Kier alpha value is -2.14. The predicted octanol–water partition coefficient (Wildman–Crippen LogP) is 2.53. The maximum Gasteiger partial charge on any atom is 0.168 e. The minimum absolute atomic E-state index is 0.201. The first-order valence-electron chi connectivity index (χ1n) is 4.99. The van der Waals surface area contributed by atoms with E-state index in [2.05, 4.69) is 10.3 Å². The highest BCUT2D eigenvalue weighted by molar-refractivity contribution is 7.80. The van der Waals surface area contributed by atoms with Crippen LogP contribution in [0.2, 0.25) is 0 Å². The van der Waals surface area contributed by atoms with Crippen LogP contribution in [0.1, 0.15) is 0 Å². The van der Waals surface area contributed by atoms with Gasteiger partial charge in [0.05, 0.1) is 11.9 Å². The zero-order valence-corrected chi connectivity index (χ0v) is 9.78. The average molecular weight is 245 g/mol. The van der Waals surface area contributed by atoms with Gasteiger partial charge >= 0.3 is 0 Å². The summed E-state index contributed by atoms with van der Waals surface area (Å²) in [6, 6.07) is 11.0. The van der Waals surface area contributed by atoms with Crippen LogP contribution < -0.4 is 15.8 Å². The van der Waals surface area contributed by atoms with Crippen molar-refractivity contribution in [2.24, 2.45) is 5.73 Å². The molecule has 86 valence electrons. The van der Waals surface area contributed by atoms with Gasteiger partial charge in [-0.3, -0.25) is 4.98 Å². The number of hydrogen-bond acceptors (Lipinski definition) is 3. The number of nitrogens with one attached hydrogen (secondary N) is 1. The number of pyridine rings is 1. The Balaban J connectivity index is 2.23. The molecule has 2 rings (SSSR count). The smallest absolute Gasteiger partial charge is 0.168 e. The van der Waals surface area contributed by atoms with E-state index in [-0.39, 0.29) is 5.11 Å². The van der Waals surface area contributed by atoms with Gasteiger partial charge in [-0.1, -0.05) is 12.1 Å². The van der Waals surface area contributed by atoms with Gasteiger partial charge < -0.3 is 15.8 Å². The quantitative estimate of drug-likeness (QED) is 0.814. The summed E-state index contributed by atoms with van der Waals surface area (Å²) in [6.07, 6.45) is 3.32. The van der Waals surface area contributed by atoms with Crippen molar-refractivity contribution in [1.29, 1.82) is 0 Å². The van der Waals surface area contributed by atoms with Crippen molar-refractivity contribution in [3.63, 3.8) is 0 Å². The van der Waals surface area contributed by atoms with E-state index in [1.165, 1.54) is 0 Å². The van der Waals surface area contributed by atoms with Crippen LogP contribution in [0.25, 0.3) is 0 Å². The van der Waals surface area contributed by atoms with Crippen LogP contribution in [-0.2, 0) is 0 Å². The summed E-state index contributed by atoms with van der Waals surface area (Å²) in [6.45, 7) is 0. The second-order valence-corrected chi connectivity index (χ2v) is 3.72. The van der Waals surface area contributed by atoms with Gasteiger partial charge in [-0.15, -0.1) is 0 Å². The molecule has 0 aliphatic heterocycles. The molecule has 0 fully saturated rings. The Bertz CT molecular complexity index is 516. The number of nitrogens with two attached hydrogens (primary N) is 1. The maximum absolute atomic E-state index is 5.67. The van der Waals surface area contributed by atoms with Crippen LogP contribution in [-0.4, -0.2) is 10.1 Å². The first kappa shape index (κ1) is 11.3. The molecule has 0 aliphatic carbocycles. The Morgan fingerprint density at radius 3 is 2.76 bits per heavy atom. The summed E-state index contributed by atoms with van der Waals surface area (Å²) < 4.78 is 5.67. The number of aromatic nitrogens is 1. The zero-order chi connectivity index (χ0) is 12.1. The lowest BCUT2D eigenvalue weighted by Crippen LogP contribution is -2.19. The standard InChI is InChI=1S/C12H11N3OS/c13-12(17)15-10-5-1-2-6-11(10)16-9-4-3-7-14-8-9/h1-8H,(H3,13,15,17). The monoisotopic (exact) mass is 245 g/mol. The fourth-order valence-electron chi connectivity index (χ4n) is 1.33. The minimum Gasteiger partial charge on any atom is -0.454 e. The molecular formula is C12H11N3OS. The number of para-hydroxylation sites is 2. The molecule has 0 saturated carbocycles. The molecule has 17 heavy (non-hydrogen) atoms. The summed E-state index contributed by atoms with van der Waals surface area (Å²) in [5, 5.41) is 3.06. The van der Waals surface area contributed by atoms with Crippen molar-refractivity contribution in [1.82, 2.24) is 4.98 Å². The molecule has 5 heteroatoms. The summed E-state index contributed by atoms with van der Waals surface area (Å²) in [4.78, 5) is 3.98. The van der Waals surface area contributed by atoms with E-state index < -0.39 is 0 Å². The topological polar surface area (TPSA) is 60.2 Å². The molecule has 1 heterocycles. The molecule has 0 amide bonds. The van der Waals surface area contributed by atoms with Gasteiger partial charge in [0.2, 0.25) is 0 Å². The fourth-order valence-corrected chi connectivity index (χ4v) is 1.44. The number of nitrogens with zero attached hydrogens (tertiary/aromatic N) is 1. The van der Waals surface area contributed by atoms with Gasteiger partial charge in [-0.05, 0) is 36.5 Å². The first-order chi connectivity index (χ1) is 8.25. The third kappa shape index (κ3) is 3.15. The highest BCUT2D eigenvalue weighted by Gasteiger charge is 2.04. The lowest BCUT2D eigenvalue weighted by atomic mass is 10.3. The van der Waals surface area contributed by atoms with E-state index in [4.69, 9.17) is 22.7 Å². The van der Waals surface area contributed by atoms with Gasteiger partial charge in [0.25, 0.3) is 0 Å². The number of benzene rings is 1.